The Bertz CT molecular complexity index is 1080. The Morgan fingerprint density at radius 1 is 1.36 bits per heavy atom. The van der Waals surface area contributed by atoms with E-state index in [9.17, 15) is 9.59 Å². The van der Waals surface area contributed by atoms with Crippen LogP contribution >= 0.6 is 27.3 Å². The molecule has 0 saturated heterocycles. The summed E-state index contributed by atoms with van der Waals surface area (Å²) in [7, 11) is 0. The third-order valence-electron chi connectivity index (χ3n) is 4.04. The molecule has 3 aromatic heterocycles. The molecular formula is C15H12BrN5O3S. The molecule has 0 aromatic carbocycles. The maximum Gasteiger partial charge on any atom is 0.354 e. The van der Waals surface area contributed by atoms with E-state index in [2.05, 4.69) is 35.9 Å². The van der Waals surface area contributed by atoms with Crippen molar-refractivity contribution in [1.29, 1.82) is 0 Å². The number of aryl methyl sites for hydroxylation is 1. The fraction of sp³-hybridized carbons (Fsp3) is 0.267. The van der Waals surface area contributed by atoms with Crippen molar-refractivity contribution in [3.05, 3.63) is 48.2 Å². The summed E-state index contributed by atoms with van der Waals surface area (Å²) in [6.45, 7) is 3.30. The number of aromatic nitrogens is 4. The highest BCUT2D eigenvalue weighted by atomic mass is 79.9. The quantitative estimate of drug-likeness (QED) is 0.673. The highest BCUT2D eigenvalue weighted by Gasteiger charge is 2.23. The molecule has 1 aliphatic rings. The van der Waals surface area contributed by atoms with Gasteiger partial charge in [0.05, 0.1) is 12.2 Å². The van der Waals surface area contributed by atoms with E-state index in [1.54, 1.807) is 17.4 Å². The number of halogens is 1. The number of carbonyl (C=O) groups is 1. The third-order valence-corrected chi connectivity index (χ3v) is 5.57. The Labute approximate surface area is 153 Å². The van der Waals surface area contributed by atoms with Gasteiger partial charge in [-0.2, -0.15) is 4.52 Å². The fourth-order valence-corrected chi connectivity index (χ4v) is 4.53. The first-order valence-corrected chi connectivity index (χ1v) is 9.07. The molecule has 0 bridgehead atoms. The van der Waals surface area contributed by atoms with E-state index in [-0.39, 0.29) is 11.3 Å². The molecule has 4 heterocycles. The van der Waals surface area contributed by atoms with Gasteiger partial charge in [0.1, 0.15) is 0 Å². The van der Waals surface area contributed by atoms with Gasteiger partial charge in [-0.25, -0.2) is 14.8 Å². The summed E-state index contributed by atoms with van der Waals surface area (Å²) in [6.07, 6.45) is 0.807. The standard InChI is InChI=1S/C15H12BrN5O3S/c1-7-4-11-17-9(14(23)24)5-12(22)21(11)19-13(7)20-3-2-8-10(6-20)25-15(16)18-8/h4-5H,2-3,6H2,1H3,(H,23,24). The Morgan fingerprint density at radius 3 is 2.92 bits per heavy atom. The molecule has 0 atom stereocenters. The molecule has 0 unspecified atom stereocenters. The monoisotopic (exact) mass is 421 g/mol. The van der Waals surface area contributed by atoms with Crippen molar-refractivity contribution >= 4 is 44.7 Å². The van der Waals surface area contributed by atoms with Crippen LogP contribution in [0.15, 0.2) is 20.8 Å². The lowest BCUT2D eigenvalue weighted by Gasteiger charge is -2.28. The number of hydrogen-bond donors (Lipinski definition) is 1. The zero-order valence-electron chi connectivity index (χ0n) is 13.1. The summed E-state index contributed by atoms with van der Waals surface area (Å²) >= 11 is 5.01. The van der Waals surface area contributed by atoms with Crippen molar-refractivity contribution in [2.24, 2.45) is 0 Å². The number of aromatic carboxylic acids is 1. The van der Waals surface area contributed by atoms with Crippen molar-refractivity contribution in [3.8, 4) is 0 Å². The van der Waals surface area contributed by atoms with Gasteiger partial charge in [-0.3, -0.25) is 4.79 Å². The largest absolute Gasteiger partial charge is 0.477 e. The predicted molar refractivity (Wildman–Crippen MR) is 95.5 cm³/mol. The Morgan fingerprint density at radius 2 is 2.16 bits per heavy atom. The Kier molecular flexibility index (Phi) is 3.80. The van der Waals surface area contributed by atoms with E-state index in [4.69, 9.17) is 5.11 Å². The molecule has 1 aliphatic heterocycles. The van der Waals surface area contributed by atoms with Gasteiger partial charge < -0.3 is 10.0 Å². The van der Waals surface area contributed by atoms with Crippen LogP contribution in [0, 0.1) is 6.92 Å². The number of fused-ring (bicyclic) bond motifs is 2. The molecule has 4 rings (SSSR count). The van der Waals surface area contributed by atoms with Gasteiger partial charge in [0.2, 0.25) is 0 Å². The molecule has 0 fully saturated rings. The highest BCUT2D eigenvalue weighted by Crippen LogP contribution is 2.31. The van der Waals surface area contributed by atoms with Crippen LogP contribution in [0.25, 0.3) is 5.65 Å². The van der Waals surface area contributed by atoms with E-state index >= 15 is 0 Å². The van der Waals surface area contributed by atoms with Crippen LogP contribution in [0.2, 0.25) is 0 Å². The number of carboxylic acid groups (broad SMARTS) is 1. The van der Waals surface area contributed by atoms with Gasteiger partial charge in [0.25, 0.3) is 5.56 Å². The fourth-order valence-electron chi connectivity index (χ4n) is 2.89. The molecule has 25 heavy (non-hydrogen) atoms. The van der Waals surface area contributed by atoms with Gasteiger partial charge in [-0.15, -0.1) is 16.4 Å². The average Bonchev–Trinajstić information content (AvgIpc) is 2.93. The minimum atomic E-state index is -1.24. The molecule has 0 radical (unpaired) electrons. The number of nitrogens with zero attached hydrogens (tertiary/aromatic N) is 5. The lowest BCUT2D eigenvalue weighted by molar-refractivity contribution is 0.0690. The second-order valence-corrected chi connectivity index (χ2v) is 8.07. The summed E-state index contributed by atoms with van der Waals surface area (Å²) in [4.78, 5) is 35.0. The zero-order chi connectivity index (χ0) is 17.7. The van der Waals surface area contributed by atoms with Gasteiger partial charge in [-0.05, 0) is 34.5 Å². The Balaban J connectivity index is 1.79. The van der Waals surface area contributed by atoms with E-state index < -0.39 is 11.5 Å². The number of anilines is 1. The lowest BCUT2D eigenvalue weighted by atomic mass is 10.1. The first-order chi connectivity index (χ1) is 11.9. The second-order valence-electron chi connectivity index (χ2n) is 5.71. The van der Waals surface area contributed by atoms with Crippen LogP contribution in [0.4, 0.5) is 5.82 Å². The highest BCUT2D eigenvalue weighted by molar-refractivity contribution is 9.11. The normalized spacial score (nSPS) is 13.9. The smallest absolute Gasteiger partial charge is 0.354 e. The van der Waals surface area contributed by atoms with Gasteiger partial charge in [-0.1, -0.05) is 0 Å². The molecule has 8 nitrogen and oxygen atoms in total. The van der Waals surface area contributed by atoms with E-state index in [1.807, 2.05) is 6.92 Å². The summed E-state index contributed by atoms with van der Waals surface area (Å²) < 4.78 is 2.01. The van der Waals surface area contributed by atoms with Crippen LogP contribution in [0.3, 0.4) is 0 Å². The first-order valence-electron chi connectivity index (χ1n) is 7.46. The molecule has 0 spiro atoms. The van der Waals surface area contributed by atoms with E-state index in [1.165, 1.54) is 4.88 Å². The third kappa shape index (κ3) is 2.81. The predicted octanol–water partition coefficient (Wildman–Crippen LogP) is 1.88. The maximum atomic E-state index is 12.2. The van der Waals surface area contributed by atoms with Crippen molar-refractivity contribution in [2.75, 3.05) is 11.4 Å². The van der Waals surface area contributed by atoms with Crippen LogP contribution < -0.4 is 10.5 Å². The molecule has 1 N–H and O–H groups in total. The van der Waals surface area contributed by atoms with Crippen LogP contribution in [-0.2, 0) is 13.0 Å². The molecule has 128 valence electrons. The summed E-state index contributed by atoms with van der Waals surface area (Å²) in [5, 5.41) is 13.5. The first kappa shape index (κ1) is 16.2. The number of carboxylic acids is 1. The van der Waals surface area contributed by atoms with Crippen molar-refractivity contribution in [2.45, 2.75) is 19.9 Å². The SMILES string of the molecule is Cc1cc2nc(C(=O)O)cc(=O)n2nc1N1CCc2nc(Br)sc2C1. The van der Waals surface area contributed by atoms with Crippen molar-refractivity contribution in [1.82, 2.24) is 19.6 Å². The van der Waals surface area contributed by atoms with Crippen molar-refractivity contribution in [3.63, 3.8) is 0 Å². The van der Waals surface area contributed by atoms with Gasteiger partial charge in [0, 0.05) is 23.9 Å². The van der Waals surface area contributed by atoms with E-state index in [0.717, 1.165) is 38.7 Å². The molecule has 0 aliphatic carbocycles. The van der Waals surface area contributed by atoms with Crippen molar-refractivity contribution < 1.29 is 9.90 Å². The van der Waals surface area contributed by atoms with Gasteiger partial charge in [0.15, 0.2) is 21.1 Å². The average molecular weight is 422 g/mol. The summed E-state index contributed by atoms with van der Waals surface area (Å²) in [6, 6.07) is 2.67. The summed E-state index contributed by atoms with van der Waals surface area (Å²) in [5.74, 6) is -0.546. The minimum absolute atomic E-state index is 0.226. The molecule has 10 heteroatoms. The van der Waals surface area contributed by atoms with E-state index in [0.29, 0.717) is 12.4 Å². The van der Waals surface area contributed by atoms with Crippen LogP contribution in [0.1, 0.15) is 26.6 Å². The van der Waals surface area contributed by atoms with Gasteiger partial charge >= 0.3 is 5.97 Å². The second kappa shape index (κ2) is 5.88. The minimum Gasteiger partial charge on any atom is -0.477 e. The number of hydrogen-bond acceptors (Lipinski definition) is 7. The zero-order valence-corrected chi connectivity index (χ0v) is 15.5. The maximum absolute atomic E-state index is 12.2. The molecule has 0 saturated carbocycles. The molecule has 0 amide bonds. The molecular weight excluding hydrogens is 410 g/mol. The number of thiazole rings is 1. The van der Waals surface area contributed by atoms with Crippen LogP contribution in [0.5, 0.6) is 0 Å². The topological polar surface area (TPSA) is 101 Å². The lowest BCUT2D eigenvalue weighted by Crippen LogP contribution is -2.32. The summed E-state index contributed by atoms with van der Waals surface area (Å²) in [5.41, 5.74) is 1.36. The number of rotatable bonds is 2. The Hall–Kier alpha value is -2.33. The van der Waals surface area contributed by atoms with Crippen LogP contribution in [-0.4, -0.2) is 37.2 Å². The molecule has 3 aromatic rings.